The molecule has 0 fully saturated rings. The SMILES string of the molecule is CCCCCCCCCCNC1=NCC(C)CS1. The van der Waals surface area contributed by atoms with Gasteiger partial charge >= 0.3 is 0 Å². The van der Waals surface area contributed by atoms with Gasteiger partial charge in [0, 0.05) is 18.8 Å². The van der Waals surface area contributed by atoms with Crippen molar-refractivity contribution in [3.05, 3.63) is 0 Å². The maximum absolute atomic E-state index is 4.55. The Morgan fingerprint density at radius 1 is 1.11 bits per heavy atom. The van der Waals surface area contributed by atoms with Crippen LogP contribution in [0.15, 0.2) is 4.99 Å². The van der Waals surface area contributed by atoms with Crippen molar-refractivity contribution >= 4 is 16.9 Å². The van der Waals surface area contributed by atoms with E-state index < -0.39 is 0 Å². The minimum absolute atomic E-state index is 0.753. The summed E-state index contributed by atoms with van der Waals surface area (Å²) in [6.07, 6.45) is 11.1. The summed E-state index contributed by atoms with van der Waals surface area (Å²) in [6, 6.07) is 0. The fourth-order valence-corrected chi connectivity index (χ4v) is 3.04. The summed E-state index contributed by atoms with van der Waals surface area (Å²) in [4.78, 5) is 4.55. The largest absolute Gasteiger partial charge is 0.365 e. The van der Waals surface area contributed by atoms with Crippen LogP contribution in [-0.2, 0) is 0 Å². The highest BCUT2D eigenvalue weighted by Gasteiger charge is 2.10. The molecule has 18 heavy (non-hydrogen) atoms. The predicted molar refractivity (Wildman–Crippen MR) is 84.5 cm³/mol. The molecule has 0 radical (unpaired) electrons. The highest BCUT2D eigenvalue weighted by Crippen LogP contribution is 2.15. The number of aliphatic imine (C=N–C) groups is 1. The standard InChI is InChI=1S/C15H30N2S/c1-3-4-5-6-7-8-9-10-11-16-15-17-12-14(2)13-18-15/h14H,3-13H2,1-2H3,(H,16,17). The van der Waals surface area contributed by atoms with Crippen molar-refractivity contribution in [3.8, 4) is 0 Å². The number of rotatable bonds is 9. The Bertz CT molecular complexity index is 229. The van der Waals surface area contributed by atoms with E-state index in [1.807, 2.05) is 11.8 Å². The van der Waals surface area contributed by atoms with E-state index in [0.717, 1.165) is 19.0 Å². The van der Waals surface area contributed by atoms with E-state index in [9.17, 15) is 0 Å². The lowest BCUT2D eigenvalue weighted by atomic mass is 10.1. The molecular formula is C15H30N2S. The molecule has 0 saturated heterocycles. The summed E-state index contributed by atoms with van der Waals surface area (Å²) in [5.74, 6) is 1.98. The number of amidine groups is 1. The van der Waals surface area contributed by atoms with E-state index in [-0.39, 0.29) is 0 Å². The van der Waals surface area contributed by atoms with Gasteiger partial charge in [-0.25, -0.2) is 0 Å². The molecule has 1 aliphatic rings. The van der Waals surface area contributed by atoms with Gasteiger partial charge < -0.3 is 5.32 Å². The molecule has 1 atom stereocenters. The Balaban J connectivity index is 1.84. The maximum Gasteiger partial charge on any atom is 0.156 e. The van der Waals surface area contributed by atoms with Crippen molar-refractivity contribution in [3.63, 3.8) is 0 Å². The van der Waals surface area contributed by atoms with Crippen LogP contribution in [0.3, 0.4) is 0 Å². The van der Waals surface area contributed by atoms with Crippen LogP contribution in [0.25, 0.3) is 0 Å². The van der Waals surface area contributed by atoms with Gasteiger partial charge in [0.05, 0.1) is 0 Å². The van der Waals surface area contributed by atoms with Crippen LogP contribution in [0, 0.1) is 5.92 Å². The zero-order valence-corrected chi connectivity index (χ0v) is 13.0. The van der Waals surface area contributed by atoms with Gasteiger partial charge in [-0.1, -0.05) is 70.6 Å². The molecule has 106 valence electrons. The van der Waals surface area contributed by atoms with Gasteiger partial charge in [0.2, 0.25) is 0 Å². The Labute approximate surface area is 117 Å². The summed E-state index contributed by atoms with van der Waals surface area (Å²) in [7, 11) is 0. The number of unbranched alkanes of at least 4 members (excludes halogenated alkanes) is 7. The lowest BCUT2D eigenvalue weighted by molar-refractivity contribution is 0.573. The van der Waals surface area contributed by atoms with Crippen molar-refractivity contribution in [2.45, 2.75) is 65.2 Å². The molecule has 0 aromatic heterocycles. The molecular weight excluding hydrogens is 240 g/mol. The van der Waals surface area contributed by atoms with E-state index in [1.165, 1.54) is 62.3 Å². The van der Waals surface area contributed by atoms with Crippen LogP contribution in [0.1, 0.15) is 65.2 Å². The third-order valence-corrected chi connectivity index (χ3v) is 4.64. The quantitative estimate of drug-likeness (QED) is 0.626. The number of thioether (sulfide) groups is 1. The highest BCUT2D eigenvalue weighted by atomic mass is 32.2. The lowest BCUT2D eigenvalue weighted by Gasteiger charge is -2.17. The molecule has 0 amide bonds. The van der Waals surface area contributed by atoms with Crippen LogP contribution in [0.4, 0.5) is 0 Å². The molecule has 2 nitrogen and oxygen atoms in total. The van der Waals surface area contributed by atoms with Gasteiger partial charge in [-0.3, -0.25) is 4.99 Å². The maximum atomic E-state index is 4.55. The zero-order chi connectivity index (χ0) is 13.1. The van der Waals surface area contributed by atoms with E-state index in [1.54, 1.807) is 0 Å². The Morgan fingerprint density at radius 3 is 2.39 bits per heavy atom. The second kappa shape index (κ2) is 10.7. The Hall–Kier alpha value is -0.180. The van der Waals surface area contributed by atoms with Gasteiger partial charge in [0.15, 0.2) is 5.17 Å². The predicted octanol–water partition coefficient (Wildman–Crippen LogP) is 4.46. The van der Waals surface area contributed by atoms with Crippen LogP contribution in [0.2, 0.25) is 0 Å². The average molecular weight is 270 g/mol. The molecule has 0 saturated carbocycles. The van der Waals surface area contributed by atoms with Crippen molar-refractivity contribution in [1.29, 1.82) is 0 Å². The van der Waals surface area contributed by atoms with E-state index in [0.29, 0.717) is 0 Å². The second-order valence-corrected chi connectivity index (χ2v) is 6.47. The van der Waals surface area contributed by atoms with E-state index in [4.69, 9.17) is 0 Å². The van der Waals surface area contributed by atoms with Gasteiger partial charge in [0.1, 0.15) is 0 Å². The normalized spacial score (nSPS) is 19.7. The minimum Gasteiger partial charge on any atom is -0.365 e. The molecule has 3 heteroatoms. The van der Waals surface area contributed by atoms with Gasteiger partial charge in [-0.05, 0) is 12.3 Å². The molecule has 0 bridgehead atoms. The zero-order valence-electron chi connectivity index (χ0n) is 12.2. The number of nitrogens with zero attached hydrogens (tertiary/aromatic N) is 1. The molecule has 1 aliphatic heterocycles. The highest BCUT2D eigenvalue weighted by molar-refractivity contribution is 8.13. The first kappa shape index (κ1) is 15.9. The lowest BCUT2D eigenvalue weighted by Crippen LogP contribution is -2.26. The van der Waals surface area contributed by atoms with E-state index in [2.05, 4.69) is 24.2 Å². The van der Waals surface area contributed by atoms with Crippen molar-refractivity contribution in [2.24, 2.45) is 10.9 Å². The van der Waals surface area contributed by atoms with Gasteiger partial charge in [0.25, 0.3) is 0 Å². The van der Waals surface area contributed by atoms with Crippen LogP contribution < -0.4 is 5.32 Å². The van der Waals surface area contributed by atoms with Gasteiger partial charge in [-0.2, -0.15) is 0 Å². The van der Waals surface area contributed by atoms with Crippen LogP contribution in [0.5, 0.6) is 0 Å². The number of hydrogen-bond acceptors (Lipinski definition) is 3. The molecule has 1 N–H and O–H groups in total. The molecule has 0 aliphatic carbocycles. The average Bonchev–Trinajstić information content (AvgIpc) is 2.39. The summed E-state index contributed by atoms with van der Waals surface area (Å²) in [6.45, 7) is 6.66. The van der Waals surface area contributed by atoms with Crippen LogP contribution in [-0.4, -0.2) is 24.0 Å². The first-order chi connectivity index (χ1) is 8.83. The van der Waals surface area contributed by atoms with Crippen LogP contribution >= 0.6 is 11.8 Å². The van der Waals surface area contributed by atoms with E-state index >= 15 is 0 Å². The summed E-state index contributed by atoms with van der Waals surface area (Å²) < 4.78 is 0. The van der Waals surface area contributed by atoms with Crippen molar-refractivity contribution < 1.29 is 0 Å². The molecule has 0 spiro atoms. The molecule has 1 heterocycles. The molecule has 0 aromatic carbocycles. The summed E-state index contributed by atoms with van der Waals surface area (Å²) in [5.41, 5.74) is 0. The molecule has 0 aromatic rings. The monoisotopic (exact) mass is 270 g/mol. The first-order valence-electron chi connectivity index (χ1n) is 7.74. The van der Waals surface area contributed by atoms with Crippen molar-refractivity contribution in [1.82, 2.24) is 5.32 Å². The van der Waals surface area contributed by atoms with Crippen molar-refractivity contribution in [2.75, 3.05) is 18.8 Å². The minimum atomic E-state index is 0.753. The van der Waals surface area contributed by atoms with Gasteiger partial charge in [-0.15, -0.1) is 0 Å². The third kappa shape index (κ3) is 8.02. The third-order valence-electron chi connectivity index (χ3n) is 3.36. The number of hydrogen-bond donors (Lipinski definition) is 1. The Morgan fingerprint density at radius 2 is 1.78 bits per heavy atom. The molecule has 1 rings (SSSR count). The second-order valence-electron chi connectivity index (χ2n) is 5.46. The summed E-state index contributed by atoms with van der Waals surface area (Å²) in [5, 5.41) is 4.64. The fraction of sp³-hybridized carbons (Fsp3) is 0.933. The topological polar surface area (TPSA) is 24.4 Å². The Kier molecular flexibility index (Phi) is 9.45. The fourth-order valence-electron chi connectivity index (χ4n) is 2.12. The summed E-state index contributed by atoms with van der Waals surface area (Å²) >= 11 is 1.89. The number of nitrogens with one attached hydrogen (secondary N) is 1. The molecule has 1 unspecified atom stereocenters. The first-order valence-corrected chi connectivity index (χ1v) is 8.72. The smallest absolute Gasteiger partial charge is 0.156 e.